The van der Waals surface area contributed by atoms with E-state index in [0.717, 1.165) is 12.5 Å². The lowest BCUT2D eigenvalue weighted by Gasteiger charge is -2.23. The quantitative estimate of drug-likeness (QED) is 0.417. The van der Waals surface area contributed by atoms with Gasteiger partial charge in [0, 0.05) is 36.2 Å². The number of halogens is 4. The Morgan fingerprint density at radius 3 is 2.69 bits per heavy atom. The highest BCUT2D eigenvalue weighted by Crippen LogP contribution is 2.38. The van der Waals surface area contributed by atoms with E-state index in [9.17, 15) is 18.0 Å². The van der Waals surface area contributed by atoms with Crippen molar-refractivity contribution in [1.29, 1.82) is 0 Å². The molecule has 2 heterocycles. The molecule has 3 rings (SSSR count). The Morgan fingerprint density at radius 1 is 1.26 bits per heavy atom. The molecule has 0 spiro atoms. The Balaban J connectivity index is 1.85. The summed E-state index contributed by atoms with van der Waals surface area (Å²) in [4.78, 5) is 21.1. The molecule has 1 saturated heterocycles. The number of rotatable bonds is 11. The monoisotopic (exact) mass is 496 g/mol. The Morgan fingerprint density at radius 2 is 2.03 bits per heavy atom. The largest absolute Gasteiger partial charge is 0.373 e. The molecule has 1 aromatic carbocycles. The van der Waals surface area contributed by atoms with E-state index in [0.29, 0.717) is 30.1 Å². The van der Waals surface area contributed by atoms with E-state index in [1.165, 1.54) is 32.3 Å². The number of hydrogen-bond donors (Lipinski definition) is 2. The van der Waals surface area contributed by atoms with Crippen LogP contribution >= 0.6 is 0 Å². The normalized spacial score (nSPS) is 17.0. The Hall–Kier alpha value is -2.75. The molecule has 2 N–H and O–H groups in total. The zero-order valence-electron chi connectivity index (χ0n) is 20.2. The fourth-order valence-electron chi connectivity index (χ4n) is 4.03. The lowest BCUT2D eigenvalue weighted by Crippen LogP contribution is -2.34. The molecule has 2 unspecified atom stereocenters. The van der Waals surface area contributed by atoms with Crippen molar-refractivity contribution in [2.75, 3.05) is 18.6 Å². The van der Waals surface area contributed by atoms with Gasteiger partial charge in [-0.3, -0.25) is 9.18 Å². The van der Waals surface area contributed by atoms with Crippen LogP contribution in [0.5, 0.6) is 0 Å². The van der Waals surface area contributed by atoms with Gasteiger partial charge >= 0.3 is 0 Å². The first-order valence-corrected chi connectivity index (χ1v) is 11.8. The summed E-state index contributed by atoms with van der Waals surface area (Å²) >= 11 is 0. The number of alkyl halides is 3. The first kappa shape index (κ1) is 26.8. The van der Waals surface area contributed by atoms with Gasteiger partial charge in [-0.25, -0.2) is 23.1 Å². The van der Waals surface area contributed by atoms with E-state index in [2.05, 4.69) is 20.6 Å². The summed E-state index contributed by atoms with van der Waals surface area (Å²) in [7, 11) is 0. The second-order valence-electron chi connectivity index (χ2n) is 9.12. The van der Waals surface area contributed by atoms with Crippen molar-refractivity contribution in [3.8, 4) is 0 Å². The number of benzene rings is 1. The topological polar surface area (TPSA) is 76.1 Å². The molecule has 1 aliphatic heterocycles. The van der Waals surface area contributed by atoms with Gasteiger partial charge in [-0.05, 0) is 26.2 Å². The van der Waals surface area contributed by atoms with Gasteiger partial charge in [0.1, 0.15) is 18.0 Å². The van der Waals surface area contributed by atoms with Gasteiger partial charge in [0.15, 0.2) is 0 Å². The minimum Gasteiger partial charge on any atom is -0.373 e. The van der Waals surface area contributed by atoms with Crippen molar-refractivity contribution in [3.05, 3.63) is 52.7 Å². The summed E-state index contributed by atoms with van der Waals surface area (Å²) in [6.07, 6.45) is 2.59. The maximum absolute atomic E-state index is 15.0. The molecule has 2 atom stereocenters. The summed E-state index contributed by atoms with van der Waals surface area (Å²) in [6, 6.07) is 3.62. The van der Waals surface area contributed by atoms with E-state index in [1.807, 2.05) is 0 Å². The summed E-state index contributed by atoms with van der Waals surface area (Å²) < 4.78 is 62.4. The van der Waals surface area contributed by atoms with Crippen molar-refractivity contribution in [1.82, 2.24) is 15.3 Å². The summed E-state index contributed by atoms with van der Waals surface area (Å²) in [5, 5.41) is 5.77. The molecular weight excluding hydrogens is 464 g/mol. The van der Waals surface area contributed by atoms with Crippen LogP contribution in [-0.2, 0) is 28.4 Å². The summed E-state index contributed by atoms with van der Waals surface area (Å²) in [5.41, 5.74) is 0.454. The Labute approximate surface area is 202 Å². The van der Waals surface area contributed by atoms with Crippen molar-refractivity contribution in [2.45, 2.75) is 71.1 Å². The summed E-state index contributed by atoms with van der Waals surface area (Å²) in [6.45, 7) is 4.31. The van der Waals surface area contributed by atoms with Crippen LogP contribution in [0.2, 0.25) is 0 Å². The average molecular weight is 497 g/mol. The average Bonchev–Trinajstić information content (AvgIpc) is 3.32. The fraction of sp³-hybridized carbons (Fsp3) is 0.560. The van der Waals surface area contributed by atoms with Gasteiger partial charge in [0.25, 0.3) is 5.92 Å². The number of nitrogens with one attached hydrogen (secondary N) is 2. The van der Waals surface area contributed by atoms with Crippen molar-refractivity contribution in [2.24, 2.45) is 5.92 Å². The molecule has 6 nitrogen and oxygen atoms in total. The molecule has 1 amide bonds. The van der Waals surface area contributed by atoms with Gasteiger partial charge in [0.2, 0.25) is 5.91 Å². The third-order valence-electron chi connectivity index (χ3n) is 6.10. The van der Waals surface area contributed by atoms with Crippen LogP contribution in [0.1, 0.15) is 68.5 Å². The zero-order chi connectivity index (χ0) is 25.6. The van der Waals surface area contributed by atoms with Gasteiger partial charge in [-0.1, -0.05) is 32.0 Å². The molecule has 1 aliphatic rings. The second kappa shape index (κ2) is 11.8. The smallest absolute Gasteiger partial charge is 0.278 e. The third kappa shape index (κ3) is 6.48. The Bertz CT molecular complexity index is 1010. The second-order valence-corrected chi connectivity index (χ2v) is 9.12. The predicted molar refractivity (Wildman–Crippen MR) is 124 cm³/mol. The van der Waals surface area contributed by atoms with Crippen LogP contribution in [0, 0.1) is 11.7 Å². The van der Waals surface area contributed by atoms with E-state index >= 15 is 4.39 Å². The highest BCUT2D eigenvalue weighted by Gasteiger charge is 2.38. The van der Waals surface area contributed by atoms with E-state index < -0.39 is 29.9 Å². The maximum Gasteiger partial charge on any atom is 0.278 e. The highest BCUT2D eigenvalue weighted by molar-refractivity contribution is 5.79. The molecule has 2 aromatic rings. The van der Waals surface area contributed by atoms with Crippen LogP contribution in [-0.4, -0.2) is 35.2 Å². The van der Waals surface area contributed by atoms with Crippen LogP contribution in [0.3, 0.4) is 0 Å². The Kier molecular flexibility index (Phi) is 9.04. The molecular formula is C25H32F4N4O2. The molecule has 0 aliphatic carbocycles. The molecule has 0 bridgehead atoms. The van der Waals surface area contributed by atoms with Gasteiger partial charge < -0.3 is 15.4 Å². The molecule has 1 fully saturated rings. The van der Waals surface area contributed by atoms with Crippen molar-refractivity contribution < 1.29 is 27.1 Å². The number of ether oxygens (including phenoxy) is 1. The predicted octanol–water partition coefficient (Wildman–Crippen LogP) is 5.23. The lowest BCUT2D eigenvalue weighted by molar-refractivity contribution is -0.121. The molecule has 35 heavy (non-hydrogen) atoms. The van der Waals surface area contributed by atoms with Gasteiger partial charge in [-0.15, -0.1) is 0 Å². The number of nitrogens with zero attached hydrogens (tertiary/aromatic N) is 2. The van der Waals surface area contributed by atoms with Crippen LogP contribution in [0.15, 0.2) is 24.5 Å². The summed E-state index contributed by atoms with van der Waals surface area (Å²) in [5.74, 6) is -5.30. The highest BCUT2D eigenvalue weighted by atomic mass is 19.3. The SMILES string of the molecule is CC(CCF)NC(=O)Cc1ncnc(NCc2cccc(C(F)(F)C(C)C)c2F)c1C1CCCO1. The van der Waals surface area contributed by atoms with E-state index in [4.69, 9.17) is 4.74 Å². The van der Waals surface area contributed by atoms with Crippen LogP contribution in [0.4, 0.5) is 23.4 Å². The third-order valence-corrected chi connectivity index (χ3v) is 6.10. The standard InChI is InChI=1S/C25H32F4N4O2/c1-15(2)25(28,29)18-7-4-6-17(23(18)27)13-30-24-22(20-8-5-11-35-20)19(31-14-32-24)12-21(34)33-16(3)9-10-26/h4,6-7,14-16,20H,5,8-13H2,1-3H3,(H,33,34)(H,30,31,32). The number of amides is 1. The van der Waals surface area contributed by atoms with Gasteiger partial charge in [-0.2, -0.15) is 0 Å². The molecule has 192 valence electrons. The van der Waals surface area contributed by atoms with Crippen LogP contribution < -0.4 is 10.6 Å². The van der Waals surface area contributed by atoms with E-state index in [-0.39, 0.29) is 43.0 Å². The lowest BCUT2D eigenvalue weighted by atomic mass is 9.95. The molecule has 1 aromatic heterocycles. The fourth-order valence-corrected chi connectivity index (χ4v) is 4.03. The minimum atomic E-state index is -3.31. The first-order valence-electron chi connectivity index (χ1n) is 11.8. The number of hydrogen-bond acceptors (Lipinski definition) is 5. The van der Waals surface area contributed by atoms with Crippen molar-refractivity contribution >= 4 is 11.7 Å². The van der Waals surface area contributed by atoms with E-state index in [1.54, 1.807) is 6.92 Å². The van der Waals surface area contributed by atoms with Crippen LogP contribution in [0.25, 0.3) is 0 Å². The zero-order valence-corrected chi connectivity index (χ0v) is 20.2. The number of anilines is 1. The first-order chi connectivity index (χ1) is 16.6. The number of aromatic nitrogens is 2. The van der Waals surface area contributed by atoms with Gasteiger partial charge in [0.05, 0.1) is 30.5 Å². The molecule has 0 radical (unpaired) electrons. The van der Waals surface area contributed by atoms with Crippen molar-refractivity contribution in [3.63, 3.8) is 0 Å². The molecule has 10 heteroatoms. The number of carbonyl (C=O) groups excluding carboxylic acids is 1. The minimum absolute atomic E-state index is 0.0620. The number of carbonyl (C=O) groups is 1. The maximum atomic E-state index is 15.0. The molecule has 0 saturated carbocycles.